The van der Waals surface area contributed by atoms with E-state index in [-0.39, 0.29) is 5.92 Å². The number of hydrogen-bond donors (Lipinski definition) is 3. The molecular weight excluding hydrogens is 276 g/mol. The average Bonchev–Trinajstić information content (AvgIpc) is 2.86. The Balaban J connectivity index is 2.68. The number of methoxy groups -OCH3 is 1. The van der Waals surface area contributed by atoms with Crippen LogP contribution in [0.1, 0.15) is 46.0 Å². The van der Waals surface area contributed by atoms with Crippen molar-refractivity contribution >= 4 is 18.0 Å². The van der Waals surface area contributed by atoms with Crippen LogP contribution in [-0.2, 0) is 14.3 Å². The lowest BCUT2D eigenvalue weighted by atomic mass is 9.98. The van der Waals surface area contributed by atoms with Crippen LogP contribution in [-0.4, -0.2) is 41.8 Å². The zero-order valence-corrected chi connectivity index (χ0v) is 12.8. The lowest BCUT2D eigenvalue weighted by Crippen LogP contribution is -2.58. The zero-order valence-electron chi connectivity index (χ0n) is 12.8. The minimum atomic E-state index is -1.22. The van der Waals surface area contributed by atoms with E-state index in [1.54, 1.807) is 0 Å². The van der Waals surface area contributed by atoms with Crippen molar-refractivity contribution in [2.45, 2.75) is 57.5 Å². The molecule has 1 fully saturated rings. The number of carboxylic acids is 1. The Bertz CT molecular complexity index is 402. The van der Waals surface area contributed by atoms with E-state index in [4.69, 9.17) is 0 Å². The summed E-state index contributed by atoms with van der Waals surface area (Å²) < 4.78 is 4.66. The largest absolute Gasteiger partial charge is 0.480 e. The quantitative estimate of drug-likeness (QED) is 0.641. The molecule has 7 nitrogen and oxygen atoms in total. The number of esters is 1. The highest BCUT2D eigenvalue weighted by Crippen LogP contribution is 2.29. The Morgan fingerprint density at radius 2 is 1.81 bits per heavy atom. The van der Waals surface area contributed by atoms with Gasteiger partial charge in [0.05, 0.1) is 7.11 Å². The maximum atomic E-state index is 12.0. The van der Waals surface area contributed by atoms with Gasteiger partial charge in [0.25, 0.3) is 0 Å². The van der Waals surface area contributed by atoms with Crippen LogP contribution in [0.4, 0.5) is 4.79 Å². The second-order valence-electron chi connectivity index (χ2n) is 5.90. The highest BCUT2D eigenvalue weighted by Gasteiger charge is 2.43. The smallest absolute Gasteiger partial charge is 0.329 e. The molecule has 1 aliphatic carbocycles. The van der Waals surface area contributed by atoms with E-state index in [9.17, 15) is 19.5 Å². The number of carbonyl (C=O) groups excluding carboxylic acids is 2. The molecule has 2 amide bonds. The molecule has 120 valence electrons. The Labute approximate surface area is 124 Å². The Hall–Kier alpha value is -1.79. The molecule has 0 heterocycles. The van der Waals surface area contributed by atoms with Gasteiger partial charge in [-0.3, -0.25) is 0 Å². The summed E-state index contributed by atoms with van der Waals surface area (Å²) in [6, 6.07) is -1.42. The van der Waals surface area contributed by atoms with Crippen LogP contribution in [0.2, 0.25) is 0 Å². The van der Waals surface area contributed by atoms with Gasteiger partial charge in [0.15, 0.2) is 0 Å². The molecule has 1 saturated carbocycles. The fraction of sp³-hybridized carbons (Fsp3) is 0.786. The third-order valence-corrected chi connectivity index (χ3v) is 3.72. The normalized spacial score (nSPS) is 18.1. The van der Waals surface area contributed by atoms with Crippen LogP contribution in [0, 0.1) is 5.92 Å². The minimum absolute atomic E-state index is 0.189. The molecule has 7 heteroatoms. The number of hydrogen-bond acceptors (Lipinski definition) is 4. The van der Waals surface area contributed by atoms with Crippen molar-refractivity contribution < 1.29 is 24.2 Å². The first-order valence-corrected chi connectivity index (χ1v) is 7.20. The molecule has 1 atom stereocenters. The third-order valence-electron chi connectivity index (χ3n) is 3.72. The Morgan fingerprint density at radius 1 is 1.24 bits per heavy atom. The molecular formula is C14H24N2O5. The molecule has 0 spiro atoms. The van der Waals surface area contributed by atoms with Gasteiger partial charge in [-0.15, -0.1) is 0 Å². The molecule has 0 aromatic carbocycles. The van der Waals surface area contributed by atoms with Crippen molar-refractivity contribution in [2.24, 2.45) is 5.92 Å². The number of rotatable bonds is 6. The Morgan fingerprint density at radius 3 is 2.24 bits per heavy atom. The van der Waals surface area contributed by atoms with Crippen molar-refractivity contribution in [2.75, 3.05) is 7.11 Å². The summed E-state index contributed by atoms with van der Waals surface area (Å²) >= 11 is 0. The summed E-state index contributed by atoms with van der Waals surface area (Å²) in [5.74, 6) is -1.38. The molecule has 1 unspecified atom stereocenters. The van der Waals surface area contributed by atoms with Gasteiger partial charge in [0.1, 0.15) is 11.6 Å². The van der Waals surface area contributed by atoms with Crippen molar-refractivity contribution in [3.8, 4) is 0 Å². The number of ether oxygens (including phenoxy) is 1. The van der Waals surface area contributed by atoms with Crippen molar-refractivity contribution in [1.82, 2.24) is 10.6 Å². The molecule has 1 aliphatic rings. The van der Waals surface area contributed by atoms with E-state index in [1.165, 1.54) is 7.11 Å². The maximum absolute atomic E-state index is 12.0. The fourth-order valence-corrected chi connectivity index (χ4v) is 2.61. The van der Waals surface area contributed by atoms with Gasteiger partial charge in [-0.1, -0.05) is 26.7 Å². The first-order valence-electron chi connectivity index (χ1n) is 7.20. The molecule has 3 N–H and O–H groups in total. The van der Waals surface area contributed by atoms with E-state index in [1.807, 2.05) is 13.8 Å². The van der Waals surface area contributed by atoms with Gasteiger partial charge >= 0.3 is 18.0 Å². The number of carbonyl (C=O) groups is 3. The molecule has 0 saturated heterocycles. The van der Waals surface area contributed by atoms with Gasteiger partial charge in [-0.2, -0.15) is 0 Å². The predicted molar refractivity (Wildman–Crippen MR) is 75.8 cm³/mol. The number of carboxylic acid groups (broad SMARTS) is 1. The van der Waals surface area contributed by atoms with Crippen molar-refractivity contribution in [3.63, 3.8) is 0 Å². The van der Waals surface area contributed by atoms with E-state index < -0.39 is 29.6 Å². The predicted octanol–water partition coefficient (Wildman–Crippen LogP) is 1.27. The molecule has 21 heavy (non-hydrogen) atoms. The lowest BCUT2D eigenvalue weighted by Gasteiger charge is -2.27. The third kappa shape index (κ3) is 4.61. The molecule has 1 rings (SSSR count). The summed E-state index contributed by atoms with van der Waals surface area (Å²) in [6.45, 7) is 3.84. The van der Waals surface area contributed by atoms with Crippen LogP contribution in [0.3, 0.4) is 0 Å². The van der Waals surface area contributed by atoms with Crippen LogP contribution >= 0.6 is 0 Å². The van der Waals surface area contributed by atoms with E-state index in [2.05, 4.69) is 15.4 Å². The molecule has 0 aliphatic heterocycles. The number of urea groups is 1. The minimum Gasteiger partial charge on any atom is -0.480 e. The van der Waals surface area contributed by atoms with Crippen LogP contribution < -0.4 is 10.6 Å². The second kappa shape index (κ2) is 7.28. The summed E-state index contributed by atoms with van der Waals surface area (Å²) in [5.41, 5.74) is -1.22. The fourth-order valence-electron chi connectivity index (χ4n) is 2.61. The molecule has 0 radical (unpaired) electrons. The van der Waals surface area contributed by atoms with E-state index in [0.29, 0.717) is 19.3 Å². The SMILES string of the molecule is COC(=O)C(CC(C)C)NC(=O)NC1(C(=O)O)CCCC1. The second-order valence-corrected chi connectivity index (χ2v) is 5.90. The van der Waals surface area contributed by atoms with E-state index >= 15 is 0 Å². The van der Waals surface area contributed by atoms with Gasteiger partial charge < -0.3 is 20.5 Å². The number of nitrogens with one attached hydrogen (secondary N) is 2. The van der Waals surface area contributed by atoms with Crippen molar-refractivity contribution in [1.29, 1.82) is 0 Å². The van der Waals surface area contributed by atoms with Crippen LogP contribution in [0.25, 0.3) is 0 Å². The first-order chi connectivity index (χ1) is 9.80. The summed E-state index contributed by atoms with van der Waals surface area (Å²) in [7, 11) is 1.25. The monoisotopic (exact) mass is 300 g/mol. The lowest BCUT2D eigenvalue weighted by molar-refractivity contribution is -0.144. The first kappa shape index (κ1) is 17.3. The maximum Gasteiger partial charge on any atom is 0.329 e. The Kier molecular flexibility index (Phi) is 5.99. The van der Waals surface area contributed by atoms with Gasteiger partial charge in [-0.25, -0.2) is 14.4 Å². The van der Waals surface area contributed by atoms with Crippen LogP contribution in [0.5, 0.6) is 0 Å². The topological polar surface area (TPSA) is 105 Å². The van der Waals surface area contributed by atoms with Gasteiger partial charge in [-0.05, 0) is 25.2 Å². The van der Waals surface area contributed by atoms with Crippen LogP contribution in [0.15, 0.2) is 0 Å². The summed E-state index contributed by atoms with van der Waals surface area (Å²) in [5, 5.41) is 14.3. The van der Waals surface area contributed by atoms with Crippen molar-refractivity contribution in [3.05, 3.63) is 0 Å². The summed E-state index contributed by atoms with van der Waals surface area (Å²) in [6.07, 6.45) is 2.77. The van der Waals surface area contributed by atoms with E-state index in [0.717, 1.165) is 12.8 Å². The molecule has 0 bridgehead atoms. The number of amides is 2. The van der Waals surface area contributed by atoms with Gasteiger partial charge in [0.2, 0.25) is 0 Å². The zero-order chi connectivity index (χ0) is 16.0. The van der Waals surface area contributed by atoms with Gasteiger partial charge in [0, 0.05) is 0 Å². The molecule has 0 aromatic heterocycles. The highest BCUT2D eigenvalue weighted by atomic mass is 16.5. The molecule has 0 aromatic rings. The number of aliphatic carboxylic acids is 1. The summed E-state index contributed by atoms with van der Waals surface area (Å²) in [4.78, 5) is 35.1. The standard InChI is InChI=1S/C14H24N2O5/c1-9(2)8-10(11(17)21-3)15-13(20)16-14(12(18)19)6-4-5-7-14/h9-10H,4-8H2,1-3H3,(H,18,19)(H2,15,16,20). The average molecular weight is 300 g/mol. The highest BCUT2D eigenvalue weighted by molar-refractivity contribution is 5.89.